The number of amides is 2. The van der Waals surface area contributed by atoms with Crippen LogP contribution in [0.25, 0.3) is 5.57 Å². The normalized spacial score (nSPS) is 14.2. The molecule has 0 unspecified atom stereocenters. The molecule has 1 heterocycles. The maximum atomic E-state index is 12.2. The third-order valence-electron chi connectivity index (χ3n) is 3.90. The van der Waals surface area contributed by atoms with E-state index < -0.39 is 5.91 Å². The van der Waals surface area contributed by atoms with E-state index in [-0.39, 0.29) is 11.7 Å². The molecule has 0 saturated carbocycles. The minimum atomic E-state index is -0.480. The Bertz CT molecular complexity index is 763. The molecule has 1 aliphatic rings. The van der Waals surface area contributed by atoms with Crippen LogP contribution in [0.1, 0.15) is 52.2 Å². The first-order valence-corrected chi connectivity index (χ1v) is 7.59. The van der Waals surface area contributed by atoms with Crippen molar-refractivity contribution in [3.05, 3.63) is 53.6 Å². The van der Waals surface area contributed by atoms with Gasteiger partial charge in [0.1, 0.15) is 0 Å². The molecule has 118 valence electrons. The Morgan fingerprint density at radius 1 is 1.26 bits per heavy atom. The molecule has 0 saturated heterocycles. The maximum absolute atomic E-state index is 12.2. The van der Waals surface area contributed by atoms with Gasteiger partial charge in [-0.2, -0.15) is 0 Å². The molecule has 1 aliphatic carbocycles. The fourth-order valence-electron chi connectivity index (χ4n) is 2.73. The largest absolute Gasteiger partial charge is 0.366 e. The van der Waals surface area contributed by atoms with Crippen LogP contribution in [-0.2, 0) is 0 Å². The van der Waals surface area contributed by atoms with E-state index in [9.17, 15) is 9.59 Å². The number of aromatic nitrogens is 2. The summed E-state index contributed by atoms with van der Waals surface area (Å²) in [4.78, 5) is 30.4. The highest BCUT2D eigenvalue weighted by atomic mass is 16.2. The Morgan fingerprint density at radius 3 is 2.78 bits per heavy atom. The number of H-pyrrole nitrogens is 1. The third kappa shape index (κ3) is 3.31. The highest BCUT2D eigenvalue weighted by Crippen LogP contribution is 2.32. The van der Waals surface area contributed by atoms with Crippen molar-refractivity contribution < 1.29 is 9.59 Å². The number of nitrogens with one attached hydrogen (secondary N) is 2. The molecular formula is C17H18N4O2. The molecule has 0 spiro atoms. The number of rotatable bonds is 4. The van der Waals surface area contributed by atoms with Gasteiger partial charge < -0.3 is 16.0 Å². The summed E-state index contributed by atoms with van der Waals surface area (Å²) in [6.45, 7) is 0. The van der Waals surface area contributed by atoms with Gasteiger partial charge in [0.05, 0.1) is 0 Å². The van der Waals surface area contributed by atoms with Crippen LogP contribution in [0.15, 0.2) is 36.7 Å². The number of primary amides is 1. The lowest BCUT2D eigenvalue weighted by Gasteiger charge is -2.17. The zero-order valence-electron chi connectivity index (χ0n) is 12.6. The van der Waals surface area contributed by atoms with Gasteiger partial charge in [-0.25, -0.2) is 4.98 Å². The lowest BCUT2D eigenvalue weighted by Crippen LogP contribution is -2.16. The van der Waals surface area contributed by atoms with Crippen molar-refractivity contribution in [2.45, 2.75) is 25.7 Å². The van der Waals surface area contributed by atoms with Gasteiger partial charge in [0.2, 0.25) is 5.91 Å². The Balaban J connectivity index is 1.96. The number of imidazole rings is 1. The number of carbonyl (C=O) groups excluding carboxylic acids is 2. The van der Waals surface area contributed by atoms with Crippen LogP contribution in [0.2, 0.25) is 0 Å². The summed E-state index contributed by atoms with van der Waals surface area (Å²) in [5.74, 6) is -0.557. The topological polar surface area (TPSA) is 101 Å². The molecule has 0 aliphatic heterocycles. The van der Waals surface area contributed by atoms with E-state index >= 15 is 0 Å². The zero-order chi connectivity index (χ0) is 16.2. The van der Waals surface area contributed by atoms with Crippen LogP contribution in [0.3, 0.4) is 0 Å². The highest BCUT2D eigenvalue weighted by molar-refractivity contribution is 6.04. The third-order valence-corrected chi connectivity index (χ3v) is 3.90. The first kappa shape index (κ1) is 15.0. The van der Waals surface area contributed by atoms with Crippen molar-refractivity contribution in [2.24, 2.45) is 5.73 Å². The summed E-state index contributed by atoms with van der Waals surface area (Å²) in [6, 6.07) is 5.08. The number of nitrogens with two attached hydrogens (primary N) is 1. The smallest absolute Gasteiger partial charge is 0.291 e. The van der Waals surface area contributed by atoms with Gasteiger partial charge in [-0.05, 0) is 49.5 Å². The molecule has 0 radical (unpaired) electrons. The molecule has 6 nitrogen and oxygen atoms in total. The van der Waals surface area contributed by atoms with Crippen LogP contribution >= 0.6 is 0 Å². The second-order valence-corrected chi connectivity index (χ2v) is 5.49. The Morgan fingerprint density at radius 2 is 2.13 bits per heavy atom. The molecule has 2 amide bonds. The minimum Gasteiger partial charge on any atom is -0.366 e. The molecule has 6 heteroatoms. The van der Waals surface area contributed by atoms with Gasteiger partial charge in [0, 0.05) is 29.2 Å². The number of allylic oxidation sites excluding steroid dienone is 2. The first-order chi connectivity index (χ1) is 11.1. The Kier molecular flexibility index (Phi) is 4.23. The van der Waals surface area contributed by atoms with Crippen LogP contribution in [0.5, 0.6) is 0 Å². The average Bonchev–Trinajstić information content (AvgIpc) is 3.10. The summed E-state index contributed by atoms with van der Waals surface area (Å²) in [5.41, 5.74) is 8.45. The van der Waals surface area contributed by atoms with Gasteiger partial charge in [-0.3, -0.25) is 9.59 Å². The summed E-state index contributed by atoms with van der Waals surface area (Å²) in [5, 5.41) is 2.85. The molecule has 3 rings (SSSR count). The van der Waals surface area contributed by atoms with Crippen LogP contribution in [0, 0.1) is 0 Å². The summed E-state index contributed by atoms with van der Waals surface area (Å²) in [7, 11) is 0. The predicted molar refractivity (Wildman–Crippen MR) is 87.9 cm³/mol. The van der Waals surface area contributed by atoms with Crippen LogP contribution < -0.4 is 11.1 Å². The van der Waals surface area contributed by atoms with Crippen molar-refractivity contribution in [3.8, 4) is 0 Å². The van der Waals surface area contributed by atoms with Crippen molar-refractivity contribution in [3.63, 3.8) is 0 Å². The minimum absolute atomic E-state index is 0.243. The van der Waals surface area contributed by atoms with E-state index in [0.717, 1.165) is 36.8 Å². The number of nitrogens with zero attached hydrogens (tertiary/aromatic N) is 1. The molecule has 4 N–H and O–H groups in total. The second-order valence-electron chi connectivity index (χ2n) is 5.49. The molecule has 2 aromatic rings. The number of benzene rings is 1. The highest BCUT2D eigenvalue weighted by Gasteiger charge is 2.16. The van der Waals surface area contributed by atoms with Crippen molar-refractivity contribution in [1.29, 1.82) is 0 Å². The number of carbonyl (C=O) groups is 2. The number of hydrogen-bond acceptors (Lipinski definition) is 3. The SMILES string of the molecule is NC(=O)c1ccc(NC(=O)c2ncc[nH]2)c(C2=CCCCC2)c1. The predicted octanol–water partition coefficient (Wildman–Crippen LogP) is 2.72. The maximum Gasteiger partial charge on any atom is 0.291 e. The van der Waals surface area contributed by atoms with Crippen LogP contribution in [0.4, 0.5) is 5.69 Å². The summed E-state index contributed by atoms with van der Waals surface area (Å²) in [6.07, 6.45) is 9.45. The quantitative estimate of drug-likeness (QED) is 0.809. The van der Waals surface area contributed by atoms with E-state index in [1.54, 1.807) is 24.4 Å². The molecular weight excluding hydrogens is 292 g/mol. The monoisotopic (exact) mass is 310 g/mol. The number of aromatic amines is 1. The molecule has 0 atom stereocenters. The Hall–Kier alpha value is -2.89. The van der Waals surface area contributed by atoms with Gasteiger partial charge >= 0.3 is 0 Å². The van der Waals surface area contributed by atoms with E-state index in [4.69, 9.17) is 5.73 Å². The number of hydrogen-bond donors (Lipinski definition) is 3. The zero-order valence-corrected chi connectivity index (χ0v) is 12.6. The van der Waals surface area contributed by atoms with Crippen molar-refractivity contribution in [2.75, 3.05) is 5.32 Å². The molecule has 1 aromatic carbocycles. The van der Waals surface area contributed by atoms with Gasteiger partial charge in [-0.1, -0.05) is 6.08 Å². The van der Waals surface area contributed by atoms with E-state index in [1.807, 2.05) is 0 Å². The van der Waals surface area contributed by atoms with Crippen molar-refractivity contribution in [1.82, 2.24) is 9.97 Å². The van der Waals surface area contributed by atoms with Gasteiger partial charge in [0.15, 0.2) is 5.82 Å². The lowest BCUT2D eigenvalue weighted by molar-refractivity contribution is 0.0997. The molecule has 23 heavy (non-hydrogen) atoms. The van der Waals surface area contributed by atoms with Crippen molar-refractivity contribution >= 4 is 23.1 Å². The molecule has 0 bridgehead atoms. The summed E-state index contributed by atoms with van der Waals surface area (Å²) >= 11 is 0. The Labute approximate surface area is 133 Å². The summed E-state index contributed by atoms with van der Waals surface area (Å²) < 4.78 is 0. The fourth-order valence-corrected chi connectivity index (χ4v) is 2.73. The van der Waals surface area contributed by atoms with E-state index in [0.29, 0.717) is 11.3 Å². The fraction of sp³-hybridized carbons (Fsp3) is 0.235. The molecule has 0 fully saturated rings. The number of anilines is 1. The first-order valence-electron chi connectivity index (χ1n) is 7.59. The molecule has 1 aromatic heterocycles. The van der Waals surface area contributed by atoms with Gasteiger partial charge in [0.25, 0.3) is 5.91 Å². The van der Waals surface area contributed by atoms with Gasteiger partial charge in [-0.15, -0.1) is 0 Å². The average molecular weight is 310 g/mol. The van der Waals surface area contributed by atoms with Crippen LogP contribution in [-0.4, -0.2) is 21.8 Å². The van der Waals surface area contributed by atoms with E-state index in [1.165, 1.54) is 6.20 Å². The van der Waals surface area contributed by atoms with E-state index in [2.05, 4.69) is 21.4 Å². The standard InChI is InChI=1S/C17H18N4O2/c18-15(22)12-6-7-14(21-17(23)16-19-8-9-20-16)13(10-12)11-4-2-1-3-5-11/h4,6-10H,1-3,5H2,(H2,18,22)(H,19,20)(H,21,23). The second kappa shape index (κ2) is 6.48. The lowest BCUT2D eigenvalue weighted by atomic mass is 9.91.